The van der Waals surface area contributed by atoms with Crippen molar-refractivity contribution in [2.75, 3.05) is 13.1 Å². The van der Waals surface area contributed by atoms with E-state index in [1.165, 1.54) is 16.7 Å². The summed E-state index contributed by atoms with van der Waals surface area (Å²) in [4.78, 5) is 2.22. The Morgan fingerprint density at radius 2 is 1.48 bits per heavy atom. The Morgan fingerprint density at radius 1 is 0.905 bits per heavy atom. The van der Waals surface area contributed by atoms with Crippen LogP contribution < -0.4 is 0 Å². The Labute approximate surface area is 137 Å². The van der Waals surface area contributed by atoms with Crippen LogP contribution in [-0.2, 0) is 5.75 Å². The molecule has 2 rings (SSSR count). The maximum Gasteiger partial charge on any atom is 0.136 e. The normalized spacial score (nSPS) is 10.4. The summed E-state index contributed by atoms with van der Waals surface area (Å²) in [5.41, 5.74) is 3.83. The fraction of sp³-hybridized carbons (Fsp3) is 0.278. The average molecular weight is 316 g/mol. The van der Waals surface area contributed by atoms with Crippen LogP contribution in [0, 0.1) is 0 Å². The molecule has 0 aromatic heterocycles. The Hall–Kier alpha value is -1.32. The molecule has 0 radical (unpaired) electrons. The molecular formula is C18H21NS2. The molecule has 0 unspecified atom stereocenters. The van der Waals surface area contributed by atoms with Crippen LogP contribution >= 0.6 is 24.0 Å². The van der Waals surface area contributed by atoms with Gasteiger partial charge in [0.2, 0.25) is 0 Å². The number of thioether (sulfide) groups is 1. The van der Waals surface area contributed by atoms with Gasteiger partial charge < -0.3 is 4.90 Å². The molecule has 0 saturated carbocycles. The lowest BCUT2D eigenvalue weighted by Gasteiger charge is -2.20. The van der Waals surface area contributed by atoms with E-state index in [0.717, 1.165) is 23.2 Å². The second-order valence-electron chi connectivity index (χ2n) is 4.79. The monoisotopic (exact) mass is 315 g/mol. The number of thiocarbonyl (C=S) groups is 1. The average Bonchev–Trinajstić information content (AvgIpc) is 2.55. The fourth-order valence-electron chi connectivity index (χ4n) is 2.14. The van der Waals surface area contributed by atoms with Crippen molar-refractivity contribution < 1.29 is 0 Å². The van der Waals surface area contributed by atoms with Gasteiger partial charge >= 0.3 is 0 Å². The Balaban J connectivity index is 1.96. The smallest absolute Gasteiger partial charge is 0.136 e. The van der Waals surface area contributed by atoms with Crippen molar-refractivity contribution in [1.29, 1.82) is 0 Å². The number of rotatable bonds is 5. The molecule has 0 aliphatic heterocycles. The summed E-state index contributed by atoms with van der Waals surface area (Å²) < 4.78 is 0.993. The highest BCUT2D eigenvalue weighted by atomic mass is 32.2. The van der Waals surface area contributed by atoms with Crippen molar-refractivity contribution in [1.82, 2.24) is 4.90 Å². The van der Waals surface area contributed by atoms with E-state index >= 15 is 0 Å². The third kappa shape index (κ3) is 4.58. The SMILES string of the molecule is CCN(CC)C(=S)SCc1ccc(-c2ccccc2)cc1. The minimum Gasteiger partial charge on any atom is -0.358 e. The van der Waals surface area contributed by atoms with Gasteiger partial charge in [-0.15, -0.1) is 0 Å². The Morgan fingerprint density at radius 3 is 2.05 bits per heavy atom. The zero-order valence-electron chi connectivity index (χ0n) is 12.6. The molecule has 0 aliphatic carbocycles. The molecule has 3 heteroatoms. The third-order valence-corrected chi connectivity index (χ3v) is 5.04. The molecule has 0 aliphatic rings. The molecule has 1 nitrogen and oxygen atoms in total. The van der Waals surface area contributed by atoms with Gasteiger partial charge in [0.25, 0.3) is 0 Å². The van der Waals surface area contributed by atoms with Crippen molar-refractivity contribution in [3.05, 3.63) is 60.2 Å². The van der Waals surface area contributed by atoms with Gasteiger partial charge in [-0.2, -0.15) is 0 Å². The van der Waals surface area contributed by atoms with Crippen molar-refractivity contribution in [2.24, 2.45) is 0 Å². The Bertz CT molecular complexity index is 560. The van der Waals surface area contributed by atoms with Crippen LogP contribution in [0.2, 0.25) is 0 Å². The highest BCUT2D eigenvalue weighted by molar-refractivity contribution is 8.22. The molecule has 0 fully saturated rings. The molecule has 110 valence electrons. The summed E-state index contributed by atoms with van der Waals surface area (Å²) in [6.07, 6.45) is 0. The molecule has 2 aromatic carbocycles. The van der Waals surface area contributed by atoms with Crippen LogP contribution in [0.15, 0.2) is 54.6 Å². The predicted molar refractivity (Wildman–Crippen MR) is 98.7 cm³/mol. The highest BCUT2D eigenvalue weighted by Crippen LogP contribution is 2.22. The van der Waals surface area contributed by atoms with Crippen molar-refractivity contribution >= 4 is 28.3 Å². The van der Waals surface area contributed by atoms with Gasteiger partial charge in [0.15, 0.2) is 0 Å². The van der Waals surface area contributed by atoms with Crippen LogP contribution in [0.5, 0.6) is 0 Å². The maximum atomic E-state index is 5.46. The predicted octanol–water partition coefficient (Wildman–Crippen LogP) is 5.21. The summed E-state index contributed by atoms with van der Waals surface area (Å²) >= 11 is 7.21. The van der Waals surface area contributed by atoms with E-state index in [-0.39, 0.29) is 0 Å². The first-order valence-corrected chi connectivity index (χ1v) is 8.70. The lowest BCUT2D eigenvalue weighted by molar-refractivity contribution is 0.482. The minimum atomic E-state index is 0.935. The molecule has 0 atom stereocenters. The van der Waals surface area contributed by atoms with Crippen LogP contribution in [0.3, 0.4) is 0 Å². The van der Waals surface area contributed by atoms with Crippen LogP contribution in [0.25, 0.3) is 11.1 Å². The molecular weight excluding hydrogens is 294 g/mol. The van der Waals surface area contributed by atoms with E-state index in [4.69, 9.17) is 12.2 Å². The number of benzene rings is 2. The first-order valence-electron chi connectivity index (χ1n) is 7.30. The van der Waals surface area contributed by atoms with Gasteiger partial charge in [0, 0.05) is 18.8 Å². The maximum absolute atomic E-state index is 5.46. The molecule has 0 saturated heterocycles. The standard InChI is InChI=1S/C18H21NS2/c1-3-19(4-2)18(20)21-14-15-10-12-17(13-11-15)16-8-6-5-7-9-16/h5-13H,3-4,14H2,1-2H3. The molecule has 0 spiro atoms. The van der Waals surface area contributed by atoms with Gasteiger partial charge in [-0.1, -0.05) is 78.6 Å². The largest absolute Gasteiger partial charge is 0.358 e. The quantitative estimate of drug-likeness (QED) is 0.697. The van der Waals surface area contributed by atoms with E-state index in [1.54, 1.807) is 11.8 Å². The van der Waals surface area contributed by atoms with E-state index in [0.29, 0.717) is 0 Å². The second-order valence-corrected chi connectivity index (χ2v) is 6.40. The highest BCUT2D eigenvalue weighted by Gasteiger charge is 2.06. The van der Waals surface area contributed by atoms with Crippen LogP contribution in [0.4, 0.5) is 0 Å². The summed E-state index contributed by atoms with van der Waals surface area (Å²) in [5, 5.41) is 0. The first-order chi connectivity index (χ1) is 10.2. The zero-order valence-corrected chi connectivity index (χ0v) is 14.2. The summed E-state index contributed by atoms with van der Waals surface area (Å²) in [5.74, 6) is 0.935. The zero-order chi connectivity index (χ0) is 15.1. The number of nitrogens with zero attached hydrogens (tertiary/aromatic N) is 1. The molecule has 0 N–H and O–H groups in total. The van der Waals surface area contributed by atoms with Crippen LogP contribution in [-0.4, -0.2) is 22.3 Å². The lowest BCUT2D eigenvalue weighted by Crippen LogP contribution is -2.26. The lowest BCUT2D eigenvalue weighted by atomic mass is 10.0. The van der Waals surface area contributed by atoms with Crippen molar-refractivity contribution in [3.8, 4) is 11.1 Å². The summed E-state index contributed by atoms with van der Waals surface area (Å²) in [6.45, 7) is 6.25. The van der Waals surface area contributed by atoms with E-state index in [1.807, 2.05) is 6.07 Å². The van der Waals surface area contributed by atoms with Crippen molar-refractivity contribution in [3.63, 3.8) is 0 Å². The number of hydrogen-bond donors (Lipinski definition) is 0. The second kappa shape index (κ2) is 8.20. The molecule has 21 heavy (non-hydrogen) atoms. The molecule has 0 bridgehead atoms. The van der Waals surface area contributed by atoms with E-state index in [2.05, 4.69) is 67.3 Å². The third-order valence-electron chi connectivity index (χ3n) is 3.45. The van der Waals surface area contributed by atoms with Gasteiger partial charge in [-0.3, -0.25) is 0 Å². The minimum absolute atomic E-state index is 0.935. The summed E-state index contributed by atoms with van der Waals surface area (Å²) in [6, 6.07) is 19.2. The van der Waals surface area contributed by atoms with Crippen molar-refractivity contribution in [2.45, 2.75) is 19.6 Å². The van der Waals surface area contributed by atoms with Crippen LogP contribution in [0.1, 0.15) is 19.4 Å². The fourth-order valence-corrected chi connectivity index (χ4v) is 3.50. The van der Waals surface area contributed by atoms with Gasteiger partial charge in [-0.05, 0) is 30.5 Å². The topological polar surface area (TPSA) is 3.24 Å². The Kier molecular flexibility index (Phi) is 6.27. The van der Waals surface area contributed by atoms with Gasteiger partial charge in [-0.25, -0.2) is 0 Å². The van der Waals surface area contributed by atoms with Gasteiger partial charge in [0.1, 0.15) is 4.32 Å². The summed E-state index contributed by atoms with van der Waals surface area (Å²) in [7, 11) is 0. The van der Waals surface area contributed by atoms with Gasteiger partial charge in [0.05, 0.1) is 0 Å². The first kappa shape index (κ1) is 16.1. The number of hydrogen-bond acceptors (Lipinski definition) is 2. The van der Waals surface area contributed by atoms with E-state index < -0.39 is 0 Å². The molecule has 2 aromatic rings. The molecule has 0 heterocycles. The van der Waals surface area contributed by atoms with E-state index in [9.17, 15) is 0 Å². The molecule has 0 amide bonds.